The summed E-state index contributed by atoms with van der Waals surface area (Å²) in [7, 11) is 0. The highest BCUT2D eigenvalue weighted by Crippen LogP contribution is 2.07. The molecule has 1 aromatic carbocycles. The van der Waals surface area contributed by atoms with Crippen LogP contribution in [0, 0.1) is 6.92 Å². The molecule has 1 rings (SSSR count). The monoisotopic (exact) mass is 347 g/mol. The molecule has 17 heavy (non-hydrogen) atoms. The molecular formula is C13H22IN3. The predicted molar refractivity (Wildman–Crippen MR) is 86.2 cm³/mol. The summed E-state index contributed by atoms with van der Waals surface area (Å²) in [5.74, 6) is 0.500. The van der Waals surface area contributed by atoms with Crippen LogP contribution < -0.4 is 11.1 Å². The third-order valence-corrected chi connectivity index (χ3v) is 2.37. The molecule has 3 nitrogen and oxygen atoms in total. The van der Waals surface area contributed by atoms with Gasteiger partial charge in [-0.2, -0.15) is 0 Å². The van der Waals surface area contributed by atoms with Crippen molar-refractivity contribution in [2.45, 2.75) is 33.1 Å². The van der Waals surface area contributed by atoms with Crippen molar-refractivity contribution in [3.05, 3.63) is 29.8 Å². The van der Waals surface area contributed by atoms with Gasteiger partial charge in [0, 0.05) is 12.2 Å². The molecule has 0 spiro atoms. The quantitative estimate of drug-likeness (QED) is 0.371. The molecule has 0 fully saturated rings. The van der Waals surface area contributed by atoms with Gasteiger partial charge in [-0.3, -0.25) is 4.99 Å². The summed E-state index contributed by atoms with van der Waals surface area (Å²) in [6.07, 6.45) is 3.52. The smallest absolute Gasteiger partial charge is 0.193 e. The minimum Gasteiger partial charge on any atom is -0.370 e. The van der Waals surface area contributed by atoms with Crippen LogP contribution in [0.25, 0.3) is 0 Å². The third kappa shape index (κ3) is 7.20. The lowest BCUT2D eigenvalue weighted by atomic mass is 10.2. The molecule has 0 amide bonds. The van der Waals surface area contributed by atoms with E-state index in [1.54, 1.807) is 0 Å². The number of aliphatic imine (C=N–C) groups is 1. The standard InChI is InChI=1S/C13H21N3.HI/c1-3-4-5-10-15-13(14)16-12-8-6-11(2)7-9-12;/h6-9H,3-5,10H2,1-2H3,(H3,14,15,16);1H. The maximum atomic E-state index is 5.76. The van der Waals surface area contributed by atoms with E-state index >= 15 is 0 Å². The fraction of sp³-hybridized carbons (Fsp3) is 0.462. The van der Waals surface area contributed by atoms with Crippen LogP contribution in [0.4, 0.5) is 5.69 Å². The van der Waals surface area contributed by atoms with Gasteiger partial charge in [-0.15, -0.1) is 24.0 Å². The van der Waals surface area contributed by atoms with Gasteiger partial charge in [-0.05, 0) is 25.5 Å². The molecule has 0 bridgehead atoms. The number of anilines is 1. The number of aryl methyl sites for hydroxylation is 1. The number of unbranched alkanes of at least 4 members (excludes halogenated alkanes) is 2. The Morgan fingerprint density at radius 1 is 1.24 bits per heavy atom. The van der Waals surface area contributed by atoms with Crippen LogP contribution in [0.1, 0.15) is 31.7 Å². The summed E-state index contributed by atoms with van der Waals surface area (Å²) in [6, 6.07) is 8.10. The van der Waals surface area contributed by atoms with Gasteiger partial charge >= 0.3 is 0 Å². The van der Waals surface area contributed by atoms with E-state index in [1.165, 1.54) is 18.4 Å². The third-order valence-electron chi connectivity index (χ3n) is 2.37. The Hall–Kier alpha value is -0.780. The lowest BCUT2D eigenvalue weighted by molar-refractivity contribution is 0.727. The number of guanidine groups is 1. The number of hydrogen-bond acceptors (Lipinski definition) is 1. The Morgan fingerprint density at radius 3 is 2.47 bits per heavy atom. The van der Waals surface area contributed by atoms with Gasteiger partial charge in [0.1, 0.15) is 0 Å². The number of nitrogens with two attached hydrogens (primary N) is 1. The first-order valence-corrected chi connectivity index (χ1v) is 5.86. The van der Waals surface area contributed by atoms with Crippen LogP contribution >= 0.6 is 24.0 Å². The van der Waals surface area contributed by atoms with Gasteiger partial charge in [-0.25, -0.2) is 0 Å². The van der Waals surface area contributed by atoms with Crippen LogP contribution in [0.3, 0.4) is 0 Å². The van der Waals surface area contributed by atoms with Gasteiger partial charge in [0.25, 0.3) is 0 Å². The van der Waals surface area contributed by atoms with Crippen LogP contribution in [0.15, 0.2) is 29.3 Å². The molecule has 0 saturated carbocycles. The van der Waals surface area contributed by atoms with E-state index in [1.807, 2.05) is 24.3 Å². The second kappa shape index (κ2) is 9.27. The summed E-state index contributed by atoms with van der Waals surface area (Å²) in [5.41, 5.74) is 7.99. The summed E-state index contributed by atoms with van der Waals surface area (Å²) in [6.45, 7) is 5.04. The molecule has 1 aromatic rings. The largest absolute Gasteiger partial charge is 0.370 e. The van der Waals surface area contributed by atoms with E-state index in [2.05, 4.69) is 24.2 Å². The zero-order valence-corrected chi connectivity index (χ0v) is 12.9. The van der Waals surface area contributed by atoms with E-state index in [4.69, 9.17) is 5.73 Å². The van der Waals surface area contributed by atoms with E-state index in [0.717, 1.165) is 18.7 Å². The SMILES string of the molecule is CCCCCN=C(N)Nc1ccc(C)cc1.I. The Kier molecular flexibility index (Phi) is 8.85. The van der Waals surface area contributed by atoms with Crippen molar-refractivity contribution in [1.29, 1.82) is 0 Å². The molecule has 0 atom stereocenters. The number of nitrogens with zero attached hydrogens (tertiary/aromatic N) is 1. The molecule has 0 aromatic heterocycles. The average molecular weight is 347 g/mol. The van der Waals surface area contributed by atoms with E-state index < -0.39 is 0 Å². The molecule has 4 heteroatoms. The van der Waals surface area contributed by atoms with Crippen LogP contribution in [-0.2, 0) is 0 Å². The molecule has 0 radical (unpaired) electrons. The number of rotatable bonds is 5. The van der Waals surface area contributed by atoms with E-state index in [9.17, 15) is 0 Å². The fourth-order valence-electron chi connectivity index (χ4n) is 1.39. The molecule has 0 aliphatic carbocycles. The van der Waals surface area contributed by atoms with Crippen molar-refractivity contribution in [2.24, 2.45) is 10.7 Å². The van der Waals surface area contributed by atoms with E-state index in [0.29, 0.717) is 5.96 Å². The second-order valence-electron chi connectivity index (χ2n) is 3.97. The highest BCUT2D eigenvalue weighted by Gasteiger charge is 1.94. The highest BCUT2D eigenvalue weighted by molar-refractivity contribution is 14.0. The van der Waals surface area contributed by atoms with Gasteiger partial charge in [0.15, 0.2) is 5.96 Å². The molecule has 0 unspecified atom stereocenters. The normalized spacial score (nSPS) is 10.8. The van der Waals surface area contributed by atoms with Crippen molar-refractivity contribution >= 4 is 35.6 Å². The number of benzene rings is 1. The average Bonchev–Trinajstić information content (AvgIpc) is 2.28. The molecule has 96 valence electrons. The molecule has 0 aliphatic rings. The zero-order valence-electron chi connectivity index (χ0n) is 10.6. The molecule has 0 saturated heterocycles. The second-order valence-corrected chi connectivity index (χ2v) is 3.97. The highest BCUT2D eigenvalue weighted by atomic mass is 127. The molecular weight excluding hydrogens is 325 g/mol. The first-order valence-electron chi connectivity index (χ1n) is 5.86. The van der Waals surface area contributed by atoms with Gasteiger partial charge in [-0.1, -0.05) is 37.5 Å². The van der Waals surface area contributed by atoms with Crippen molar-refractivity contribution in [3.63, 3.8) is 0 Å². The number of halogens is 1. The Labute approximate surface area is 121 Å². The Morgan fingerprint density at radius 2 is 1.88 bits per heavy atom. The lowest BCUT2D eigenvalue weighted by Gasteiger charge is -2.05. The van der Waals surface area contributed by atoms with Gasteiger partial charge in [0.2, 0.25) is 0 Å². The van der Waals surface area contributed by atoms with Crippen LogP contribution in [-0.4, -0.2) is 12.5 Å². The fourth-order valence-corrected chi connectivity index (χ4v) is 1.39. The predicted octanol–water partition coefficient (Wildman–Crippen LogP) is 3.53. The summed E-state index contributed by atoms with van der Waals surface area (Å²) < 4.78 is 0. The lowest BCUT2D eigenvalue weighted by Crippen LogP contribution is -2.22. The van der Waals surface area contributed by atoms with Crippen LogP contribution in [0.5, 0.6) is 0 Å². The maximum Gasteiger partial charge on any atom is 0.193 e. The van der Waals surface area contributed by atoms with Crippen molar-refractivity contribution in [1.82, 2.24) is 0 Å². The minimum absolute atomic E-state index is 0. The zero-order chi connectivity index (χ0) is 11.8. The Bertz CT molecular complexity index is 333. The van der Waals surface area contributed by atoms with Crippen molar-refractivity contribution in [2.75, 3.05) is 11.9 Å². The van der Waals surface area contributed by atoms with Crippen LogP contribution in [0.2, 0.25) is 0 Å². The molecule has 0 heterocycles. The summed E-state index contributed by atoms with van der Waals surface area (Å²) >= 11 is 0. The van der Waals surface area contributed by atoms with Gasteiger partial charge in [0.05, 0.1) is 0 Å². The number of nitrogens with one attached hydrogen (secondary N) is 1. The Balaban J connectivity index is 0.00000256. The first-order chi connectivity index (χ1) is 7.72. The molecule has 0 aliphatic heterocycles. The summed E-state index contributed by atoms with van der Waals surface area (Å²) in [4.78, 5) is 4.26. The summed E-state index contributed by atoms with van der Waals surface area (Å²) in [5, 5.41) is 3.07. The molecule has 3 N–H and O–H groups in total. The number of hydrogen-bond donors (Lipinski definition) is 2. The van der Waals surface area contributed by atoms with Gasteiger partial charge < -0.3 is 11.1 Å². The van der Waals surface area contributed by atoms with Crippen molar-refractivity contribution in [3.8, 4) is 0 Å². The minimum atomic E-state index is 0. The van der Waals surface area contributed by atoms with E-state index in [-0.39, 0.29) is 24.0 Å². The first kappa shape index (κ1) is 16.2. The topological polar surface area (TPSA) is 50.4 Å². The maximum absolute atomic E-state index is 5.76. The van der Waals surface area contributed by atoms with Crippen molar-refractivity contribution < 1.29 is 0 Å².